The molecule has 1 aromatic carbocycles. The zero-order valence-electron chi connectivity index (χ0n) is 6.31. The van der Waals surface area contributed by atoms with Crippen LogP contribution in [0.5, 0.6) is 0 Å². The van der Waals surface area contributed by atoms with Gasteiger partial charge >= 0.3 is 0 Å². The maximum atomic E-state index is 5.44. The summed E-state index contributed by atoms with van der Waals surface area (Å²) in [5.74, 6) is 0. The smallest absolute Gasteiger partial charge is 0.197 e. The molecule has 1 rings (SSSR count). The fourth-order valence-corrected chi connectivity index (χ4v) is 1.66. The fourth-order valence-electron chi connectivity index (χ4n) is 0.835. The molecule has 0 N–H and O–H groups in total. The molecule has 0 aromatic heterocycles. The van der Waals surface area contributed by atoms with Gasteiger partial charge in [0.15, 0.2) is 4.63 Å². The van der Waals surface area contributed by atoms with Crippen molar-refractivity contribution in [3.05, 3.63) is 27.3 Å². The first-order valence-electron chi connectivity index (χ1n) is 3.25. The van der Waals surface area contributed by atoms with Gasteiger partial charge in [-0.2, -0.15) is 0 Å². The van der Waals surface area contributed by atoms with Gasteiger partial charge in [0.1, 0.15) is 0 Å². The highest BCUT2D eigenvalue weighted by Crippen LogP contribution is 2.21. The Bertz CT molecular complexity index is 319. The first-order valence-corrected chi connectivity index (χ1v) is 5.09. The minimum Gasteiger partial charge on any atom is -0.225 e. The Hall–Kier alpha value is 0.200. The molecule has 0 atom stereocenters. The van der Waals surface area contributed by atoms with Gasteiger partial charge in [-0.15, -0.1) is 0 Å². The zero-order chi connectivity index (χ0) is 9.14. The molecule has 0 heterocycles. The molecule has 0 unspecified atom stereocenters. The zero-order valence-corrected chi connectivity index (χ0v) is 9.98. The molecular formula is C8H6Cl2IN. The minimum absolute atomic E-state index is 0.0410. The molecule has 0 aliphatic carbocycles. The van der Waals surface area contributed by atoms with Gasteiger partial charge in [-0.05, 0) is 76.5 Å². The molecule has 0 amide bonds. The molecule has 0 bridgehead atoms. The van der Waals surface area contributed by atoms with Crippen LogP contribution in [-0.2, 0) is 0 Å². The molecule has 0 fully saturated rings. The van der Waals surface area contributed by atoms with Crippen molar-refractivity contribution in [1.29, 1.82) is 0 Å². The van der Waals surface area contributed by atoms with Crippen LogP contribution >= 0.6 is 45.8 Å². The Morgan fingerprint density at radius 2 is 2.08 bits per heavy atom. The number of hydrogen-bond donors (Lipinski definition) is 0. The van der Waals surface area contributed by atoms with Gasteiger partial charge in [0.05, 0.1) is 5.69 Å². The number of halogens is 3. The van der Waals surface area contributed by atoms with Gasteiger partial charge in [-0.1, -0.05) is 0 Å². The lowest BCUT2D eigenvalue weighted by atomic mass is 10.2. The Balaban J connectivity index is 3.10. The quantitative estimate of drug-likeness (QED) is 0.547. The molecule has 4 heteroatoms. The van der Waals surface area contributed by atoms with Crippen molar-refractivity contribution in [2.75, 3.05) is 0 Å². The van der Waals surface area contributed by atoms with Crippen molar-refractivity contribution in [2.45, 2.75) is 6.92 Å². The number of aliphatic imine (C=N–C) groups is 1. The van der Waals surface area contributed by atoms with Crippen molar-refractivity contribution in [3.8, 4) is 0 Å². The number of aryl methyl sites for hydroxylation is 1. The second-order valence-electron chi connectivity index (χ2n) is 2.28. The van der Waals surface area contributed by atoms with Gasteiger partial charge in [-0.3, -0.25) is 0 Å². The lowest BCUT2D eigenvalue weighted by Gasteiger charge is -1.99. The molecule has 64 valence electrons. The Kier molecular flexibility index (Phi) is 3.80. The van der Waals surface area contributed by atoms with Gasteiger partial charge in [0, 0.05) is 3.57 Å². The monoisotopic (exact) mass is 313 g/mol. The molecule has 1 aromatic rings. The summed E-state index contributed by atoms with van der Waals surface area (Å²) in [5, 5.41) is 0. The van der Waals surface area contributed by atoms with Gasteiger partial charge in [0.2, 0.25) is 0 Å². The summed E-state index contributed by atoms with van der Waals surface area (Å²) >= 11 is 13.1. The number of rotatable bonds is 1. The predicted molar refractivity (Wildman–Crippen MR) is 62.7 cm³/mol. The Labute approximate surface area is 94.9 Å². The molecule has 0 radical (unpaired) electrons. The summed E-state index contributed by atoms with van der Waals surface area (Å²) in [6, 6.07) is 5.88. The van der Waals surface area contributed by atoms with E-state index in [1.54, 1.807) is 0 Å². The Morgan fingerprint density at radius 1 is 1.42 bits per heavy atom. The van der Waals surface area contributed by atoms with Crippen molar-refractivity contribution in [1.82, 2.24) is 0 Å². The molecule has 0 saturated carbocycles. The van der Waals surface area contributed by atoms with Crippen LogP contribution in [0.3, 0.4) is 0 Å². The second-order valence-corrected chi connectivity index (χ2v) is 4.44. The summed E-state index contributed by atoms with van der Waals surface area (Å²) in [4.78, 5) is 3.94. The standard InChI is InChI=1S/C8H6Cl2IN/c1-5-4-6(11)2-3-7(5)12-8(9)10/h2-4H,1H3. The molecule has 0 aliphatic rings. The number of hydrogen-bond acceptors (Lipinski definition) is 1. The van der Waals surface area contributed by atoms with Crippen molar-refractivity contribution < 1.29 is 0 Å². The molecular weight excluding hydrogens is 308 g/mol. The van der Waals surface area contributed by atoms with Crippen LogP contribution in [-0.4, -0.2) is 4.63 Å². The molecule has 0 spiro atoms. The summed E-state index contributed by atoms with van der Waals surface area (Å²) in [5.41, 5.74) is 1.89. The van der Waals surface area contributed by atoms with Crippen LogP contribution in [0.2, 0.25) is 0 Å². The lowest BCUT2D eigenvalue weighted by Crippen LogP contribution is -1.78. The molecule has 1 nitrogen and oxygen atoms in total. The van der Waals surface area contributed by atoms with E-state index in [2.05, 4.69) is 27.6 Å². The van der Waals surface area contributed by atoms with Gasteiger partial charge < -0.3 is 0 Å². The van der Waals surface area contributed by atoms with Crippen LogP contribution in [0.15, 0.2) is 23.2 Å². The maximum absolute atomic E-state index is 5.44. The van der Waals surface area contributed by atoms with Crippen LogP contribution in [0.1, 0.15) is 5.56 Å². The van der Waals surface area contributed by atoms with E-state index >= 15 is 0 Å². The highest BCUT2D eigenvalue weighted by Gasteiger charge is 1.97. The fraction of sp³-hybridized carbons (Fsp3) is 0.125. The van der Waals surface area contributed by atoms with Gasteiger partial charge in [-0.25, -0.2) is 4.99 Å². The average molecular weight is 314 g/mol. The predicted octanol–water partition coefficient (Wildman–Crippen LogP) is 4.06. The lowest BCUT2D eigenvalue weighted by molar-refractivity contribution is 1.39. The minimum atomic E-state index is 0.0410. The van der Waals surface area contributed by atoms with Crippen LogP contribution in [0.4, 0.5) is 5.69 Å². The first-order chi connectivity index (χ1) is 5.59. The molecule has 0 aliphatic heterocycles. The van der Waals surface area contributed by atoms with E-state index in [1.807, 2.05) is 25.1 Å². The van der Waals surface area contributed by atoms with Crippen molar-refractivity contribution >= 4 is 56.1 Å². The average Bonchev–Trinajstić information content (AvgIpc) is 1.94. The van der Waals surface area contributed by atoms with Crippen molar-refractivity contribution in [3.63, 3.8) is 0 Å². The van der Waals surface area contributed by atoms with E-state index in [0.717, 1.165) is 11.3 Å². The van der Waals surface area contributed by atoms with Gasteiger partial charge in [0.25, 0.3) is 0 Å². The normalized spacial score (nSPS) is 9.67. The van der Waals surface area contributed by atoms with E-state index in [0.29, 0.717) is 0 Å². The summed E-state index contributed by atoms with van der Waals surface area (Å²) in [6.45, 7) is 1.97. The van der Waals surface area contributed by atoms with Crippen LogP contribution in [0, 0.1) is 10.5 Å². The van der Waals surface area contributed by atoms with E-state index in [4.69, 9.17) is 23.2 Å². The van der Waals surface area contributed by atoms with E-state index < -0.39 is 0 Å². The van der Waals surface area contributed by atoms with Crippen LogP contribution < -0.4 is 0 Å². The van der Waals surface area contributed by atoms with E-state index in [9.17, 15) is 0 Å². The largest absolute Gasteiger partial charge is 0.225 e. The third-order valence-corrected chi connectivity index (χ3v) is 2.20. The first kappa shape index (κ1) is 10.3. The van der Waals surface area contributed by atoms with Crippen molar-refractivity contribution in [2.24, 2.45) is 4.99 Å². The van der Waals surface area contributed by atoms with Crippen LogP contribution in [0.25, 0.3) is 0 Å². The highest BCUT2D eigenvalue weighted by atomic mass is 127. The number of benzene rings is 1. The second kappa shape index (κ2) is 4.44. The third-order valence-electron chi connectivity index (χ3n) is 1.36. The highest BCUT2D eigenvalue weighted by molar-refractivity contribution is 14.1. The summed E-state index contributed by atoms with van der Waals surface area (Å²) in [6.07, 6.45) is 0. The van der Waals surface area contributed by atoms with E-state index in [-0.39, 0.29) is 4.63 Å². The van der Waals surface area contributed by atoms with E-state index in [1.165, 1.54) is 3.57 Å². The molecule has 0 saturated heterocycles. The third kappa shape index (κ3) is 2.92. The Morgan fingerprint density at radius 3 is 2.58 bits per heavy atom. The topological polar surface area (TPSA) is 12.4 Å². The molecule has 12 heavy (non-hydrogen) atoms. The maximum Gasteiger partial charge on any atom is 0.197 e. The number of nitrogens with zero attached hydrogens (tertiary/aromatic N) is 1. The summed E-state index contributed by atoms with van der Waals surface area (Å²) in [7, 11) is 0. The summed E-state index contributed by atoms with van der Waals surface area (Å²) < 4.78 is 1.22. The SMILES string of the molecule is Cc1cc(I)ccc1N=C(Cl)Cl.